The van der Waals surface area contributed by atoms with Crippen LogP contribution in [0.2, 0.25) is 0 Å². The van der Waals surface area contributed by atoms with Crippen LogP contribution in [0.25, 0.3) is 17.0 Å². The van der Waals surface area contributed by atoms with E-state index in [-0.39, 0.29) is 0 Å². The summed E-state index contributed by atoms with van der Waals surface area (Å²) in [5, 5.41) is 8.41. The van der Waals surface area contributed by atoms with Gasteiger partial charge in [0.15, 0.2) is 0 Å². The number of nitrogens with one attached hydrogen (secondary N) is 1. The predicted octanol–water partition coefficient (Wildman–Crippen LogP) is 2.90. The largest absolute Gasteiger partial charge is 0.277 e. The number of benzene rings is 1. The first-order valence-electron chi connectivity index (χ1n) is 4.38. The van der Waals surface area contributed by atoms with E-state index in [9.17, 15) is 0 Å². The first-order chi connectivity index (χ1) is 6.31. The number of allylic oxidation sites excluding steroid dienone is 1. The third-order valence-electron chi connectivity index (χ3n) is 2.07. The fourth-order valence-electron chi connectivity index (χ4n) is 1.44. The lowest BCUT2D eigenvalue weighted by Gasteiger charge is -1.91. The van der Waals surface area contributed by atoms with Crippen molar-refractivity contribution < 1.29 is 0 Å². The molecule has 0 aliphatic heterocycles. The zero-order chi connectivity index (χ0) is 9.26. The quantitative estimate of drug-likeness (QED) is 0.704. The van der Waals surface area contributed by atoms with Gasteiger partial charge in [-0.3, -0.25) is 5.10 Å². The molecule has 13 heavy (non-hydrogen) atoms. The van der Waals surface area contributed by atoms with E-state index in [1.807, 2.05) is 19.1 Å². The molecular formula is C11H12N2. The molecule has 66 valence electrons. The van der Waals surface area contributed by atoms with Crippen molar-refractivity contribution in [1.82, 2.24) is 10.2 Å². The van der Waals surface area contributed by atoms with Crippen LogP contribution in [0.15, 0.2) is 24.3 Å². The van der Waals surface area contributed by atoms with Crippen LogP contribution in [0.5, 0.6) is 0 Å². The molecule has 1 N–H and O–H groups in total. The number of aryl methyl sites for hydroxylation is 1. The van der Waals surface area contributed by atoms with E-state index in [2.05, 4.69) is 35.3 Å². The minimum absolute atomic E-state index is 1.01. The van der Waals surface area contributed by atoms with Crippen LogP contribution in [0.1, 0.15) is 18.2 Å². The summed E-state index contributed by atoms with van der Waals surface area (Å²) in [5.41, 5.74) is 3.37. The van der Waals surface area contributed by atoms with Crippen molar-refractivity contribution in [2.24, 2.45) is 0 Å². The molecule has 2 nitrogen and oxygen atoms in total. The fraction of sp³-hybridized carbons (Fsp3) is 0.182. The average molecular weight is 172 g/mol. The molecule has 0 spiro atoms. The number of aromatic nitrogens is 2. The Hall–Kier alpha value is -1.57. The minimum atomic E-state index is 1.01. The Kier molecular flexibility index (Phi) is 1.89. The number of hydrogen-bond acceptors (Lipinski definition) is 1. The van der Waals surface area contributed by atoms with E-state index < -0.39 is 0 Å². The standard InChI is InChI=1S/C11H12N2/c1-3-4-10-9-6-5-8(2)7-11(9)13-12-10/h3-7H,1-2H3,(H,12,13)/b4-3+. The summed E-state index contributed by atoms with van der Waals surface area (Å²) in [5.74, 6) is 0. The van der Waals surface area contributed by atoms with Crippen LogP contribution in [-0.2, 0) is 0 Å². The Morgan fingerprint density at radius 1 is 1.38 bits per heavy atom. The van der Waals surface area contributed by atoms with Crippen molar-refractivity contribution >= 4 is 17.0 Å². The summed E-state index contributed by atoms with van der Waals surface area (Å²) in [6, 6.07) is 6.31. The first kappa shape index (κ1) is 8.05. The van der Waals surface area contributed by atoms with Crippen LogP contribution >= 0.6 is 0 Å². The molecule has 0 radical (unpaired) electrons. The molecule has 1 heterocycles. The second-order valence-corrected chi connectivity index (χ2v) is 3.16. The van der Waals surface area contributed by atoms with Crippen molar-refractivity contribution in [2.75, 3.05) is 0 Å². The van der Waals surface area contributed by atoms with E-state index in [0.717, 1.165) is 11.2 Å². The van der Waals surface area contributed by atoms with Gasteiger partial charge < -0.3 is 0 Å². The van der Waals surface area contributed by atoms with Gasteiger partial charge in [0, 0.05) is 5.39 Å². The van der Waals surface area contributed by atoms with Crippen molar-refractivity contribution in [3.8, 4) is 0 Å². The van der Waals surface area contributed by atoms with Crippen LogP contribution in [0, 0.1) is 6.92 Å². The third-order valence-corrected chi connectivity index (χ3v) is 2.07. The zero-order valence-electron chi connectivity index (χ0n) is 7.83. The molecule has 0 aliphatic rings. The number of rotatable bonds is 1. The minimum Gasteiger partial charge on any atom is -0.277 e. The molecule has 2 heteroatoms. The molecule has 2 aromatic rings. The highest BCUT2D eigenvalue weighted by atomic mass is 15.1. The van der Waals surface area contributed by atoms with Gasteiger partial charge >= 0.3 is 0 Å². The maximum atomic E-state index is 4.21. The smallest absolute Gasteiger partial charge is 0.0923 e. The fourth-order valence-corrected chi connectivity index (χ4v) is 1.44. The van der Waals surface area contributed by atoms with E-state index in [1.165, 1.54) is 10.9 Å². The molecule has 0 saturated heterocycles. The number of H-pyrrole nitrogens is 1. The van der Waals surface area contributed by atoms with E-state index in [0.29, 0.717) is 0 Å². The average Bonchev–Trinajstić information content (AvgIpc) is 2.49. The summed E-state index contributed by atoms with van der Waals surface area (Å²) in [7, 11) is 0. The lowest BCUT2D eigenvalue weighted by atomic mass is 10.1. The van der Waals surface area contributed by atoms with E-state index >= 15 is 0 Å². The summed E-state index contributed by atoms with van der Waals surface area (Å²) < 4.78 is 0. The highest BCUT2D eigenvalue weighted by Crippen LogP contribution is 2.17. The number of nitrogens with zero attached hydrogens (tertiary/aromatic N) is 1. The molecule has 0 atom stereocenters. The summed E-state index contributed by atoms with van der Waals surface area (Å²) in [6.45, 7) is 4.07. The zero-order valence-corrected chi connectivity index (χ0v) is 7.83. The molecular weight excluding hydrogens is 160 g/mol. The Labute approximate surface area is 77.3 Å². The topological polar surface area (TPSA) is 28.7 Å². The summed E-state index contributed by atoms with van der Waals surface area (Å²) in [4.78, 5) is 0. The van der Waals surface area contributed by atoms with Gasteiger partial charge in [-0.25, -0.2) is 0 Å². The van der Waals surface area contributed by atoms with Crippen molar-refractivity contribution in [3.63, 3.8) is 0 Å². The first-order valence-corrected chi connectivity index (χ1v) is 4.38. The Balaban J connectivity index is 2.68. The normalized spacial score (nSPS) is 11.5. The Morgan fingerprint density at radius 3 is 3.00 bits per heavy atom. The summed E-state index contributed by atoms with van der Waals surface area (Å²) >= 11 is 0. The van der Waals surface area contributed by atoms with Gasteiger partial charge in [0.2, 0.25) is 0 Å². The van der Waals surface area contributed by atoms with Crippen LogP contribution in [0.3, 0.4) is 0 Å². The van der Waals surface area contributed by atoms with Crippen LogP contribution in [0.4, 0.5) is 0 Å². The van der Waals surface area contributed by atoms with Gasteiger partial charge in [0.25, 0.3) is 0 Å². The van der Waals surface area contributed by atoms with Crippen molar-refractivity contribution in [1.29, 1.82) is 0 Å². The molecule has 0 bridgehead atoms. The van der Waals surface area contributed by atoms with Gasteiger partial charge in [0.05, 0.1) is 11.2 Å². The molecule has 0 unspecified atom stereocenters. The maximum absolute atomic E-state index is 4.21. The van der Waals surface area contributed by atoms with Gasteiger partial charge in [-0.05, 0) is 31.6 Å². The highest BCUT2D eigenvalue weighted by molar-refractivity contribution is 5.86. The van der Waals surface area contributed by atoms with Crippen LogP contribution < -0.4 is 0 Å². The van der Waals surface area contributed by atoms with Gasteiger partial charge in [-0.1, -0.05) is 18.2 Å². The lowest BCUT2D eigenvalue weighted by molar-refractivity contribution is 1.10. The number of fused-ring (bicyclic) bond motifs is 1. The van der Waals surface area contributed by atoms with E-state index in [1.54, 1.807) is 0 Å². The SMILES string of the molecule is C/C=C/c1n[nH]c2cc(C)ccc12. The molecule has 2 rings (SSSR count). The Morgan fingerprint density at radius 2 is 2.23 bits per heavy atom. The molecule has 0 aliphatic carbocycles. The lowest BCUT2D eigenvalue weighted by Crippen LogP contribution is -1.72. The molecule has 0 fully saturated rings. The van der Waals surface area contributed by atoms with Crippen molar-refractivity contribution in [3.05, 3.63) is 35.5 Å². The number of aromatic amines is 1. The van der Waals surface area contributed by atoms with Gasteiger partial charge in [0.1, 0.15) is 0 Å². The molecule has 0 saturated carbocycles. The van der Waals surface area contributed by atoms with E-state index in [4.69, 9.17) is 0 Å². The van der Waals surface area contributed by atoms with Gasteiger partial charge in [-0.15, -0.1) is 0 Å². The molecule has 0 amide bonds. The second kappa shape index (κ2) is 3.05. The predicted molar refractivity (Wildman–Crippen MR) is 55.5 cm³/mol. The maximum Gasteiger partial charge on any atom is 0.0923 e. The van der Waals surface area contributed by atoms with Crippen LogP contribution in [-0.4, -0.2) is 10.2 Å². The molecule has 1 aromatic heterocycles. The summed E-state index contributed by atoms with van der Waals surface area (Å²) in [6.07, 6.45) is 4.00. The molecule has 1 aromatic carbocycles. The number of hydrogen-bond donors (Lipinski definition) is 1. The monoisotopic (exact) mass is 172 g/mol. The Bertz CT molecular complexity index is 452. The third kappa shape index (κ3) is 1.35. The van der Waals surface area contributed by atoms with Gasteiger partial charge in [-0.2, -0.15) is 5.10 Å². The van der Waals surface area contributed by atoms with Crippen molar-refractivity contribution in [2.45, 2.75) is 13.8 Å². The second-order valence-electron chi connectivity index (χ2n) is 3.16. The highest BCUT2D eigenvalue weighted by Gasteiger charge is 2.00.